The highest BCUT2D eigenvalue weighted by Gasteiger charge is 2.22. The van der Waals surface area contributed by atoms with Crippen LogP contribution in [-0.4, -0.2) is 23.5 Å². The Morgan fingerprint density at radius 2 is 1.97 bits per heavy atom. The molecular weight excluding hydrogens is 384 g/mol. The van der Waals surface area contributed by atoms with Gasteiger partial charge in [-0.3, -0.25) is 0 Å². The zero-order valence-electron chi connectivity index (χ0n) is 19.2. The number of hydrogen-bond donors (Lipinski definition) is 2. The molecule has 0 spiro atoms. The first-order valence-corrected chi connectivity index (χ1v) is 11.5. The van der Waals surface area contributed by atoms with E-state index >= 15 is 0 Å². The van der Waals surface area contributed by atoms with Gasteiger partial charge in [-0.1, -0.05) is 36.2 Å². The van der Waals surface area contributed by atoms with E-state index in [1.165, 1.54) is 30.4 Å². The first kappa shape index (κ1) is 21.6. The van der Waals surface area contributed by atoms with Crippen molar-refractivity contribution in [3.05, 3.63) is 69.9 Å². The maximum Gasteiger partial charge on any atom is 0.341 e. The Morgan fingerprint density at radius 1 is 1.13 bits per heavy atom. The maximum atomic E-state index is 13.2. The third-order valence-electron chi connectivity index (χ3n) is 6.60. The molecule has 2 heterocycles. The normalized spacial score (nSPS) is 17.6. The predicted molar refractivity (Wildman–Crippen MR) is 127 cm³/mol. The van der Waals surface area contributed by atoms with Crippen molar-refractivity contribution in [2.45, 2.75) is 71.9 Å². The van der Waals surface area contributed by atoms with Crippen molar-refractivity contribution in [3.8, 4) is 0 Å². The van der Waals surface area contributed by atoms with Crippen molar-refractivity contribution < 1.29 is 9.53 Å². The van der Waals surface area contributed by atoms with E-state index in [2.05, 4.69) is 60.5 Å². The Bertz CT molecular complexity index is 1080. The Balaban J connectivity index is 1.53. The van der Waals surface area contributed by atoms with Gasteiger partial charge in [0.1, 0.15) is 6.10 Å². The lowest BCUT2D eigenvalue weighted by Crippen LogP contribution is -2.34. The molecule has 3 aromatic rings. The Morgan fingerprint density at radius 3 is 2.74 bits per heavy atom. The van der Waals surface area contributed by atoms with Crippen LogP contribution in [0.15, 0.2) is 36.4 Å². The van der Waals surface area contributed by atoms with Crippen molar-refractivity contribution in [1.29, 1.82) is 0 Å². The van der Waals surface area contributed by atoms with Gasteiger partial charge in [-0.2, -0.15) is 0 Å². The fourth-order valence-electron chi connectivity index (χ4n) is 4.78. The summed E-state index contributed by atoms with van der Waals surface area (Å²) in [6.07, 6.45) is 5.74. The van der Waals surface area contributed by atoms with Crippen LogP contribution in [0.5, 0.6) is 0 Å². The lowest BCUT2D eigenvalue weighted by Gasteiger charge is -2.23. The number of esters is 1. The molecule has 2 unspecified atom stereocenters. The van der Waals surface area contributed by atoms with E-state index in [0.29, 0.717) is 11.6 Å². The van der Waals surface area contributed by atoms with Crippen LogP contribution in [-0.2, 0) is 11.2 Å². The smallest absolute Gasteiger partial charge is 0.341 e. The fourth-order valence-corrected chi connectivity index (χ4v) is 4.78. The monoisotopic (exact) mass is 418 g/mol. The van der Waals surface area contributed by atoms with Gasteiger partial charge in [-0.05, 0) is 88.7 Å². The molecule has 2 aromatic carbocycles. The van der Waals surface area contributed by atoms with E-state index in [1.54, 1.807) is 0 Å². The van der Waals surface area contributed by atoms with E-state index in [0.717, 1.165) is 47.1 Å². The minimum atomic E-state index is -0.294. The molecule has 4 nitrogen and oxygen atoms in total. The number of aryl methyl sites for hydroxylation is 4. The number of nitrogens with one attached hydrogen (secondary N) is 2. The molecule has 1 aromatic heterocycles. The Labute approximate surface area is 185 Å². The number of benzene rings is 2. The summed E-state index contributed by atoms with van der Waals surface area (Å²) in [4.78, 5) is 16.5. The van der Waals surface area contributed by atoms with Gasteiger partial charge in [0.15, 0.2) is 0 Å². The first-order chi connectivity index (χ1) is 14.9. The van der Waals surface area contributed by atoms with Crippen LogP contribution in [0.25, 0.3) is 10.9 Å². The number of aromatic amines is 1. The number of ether oxygens (including phenoxy) is 1. The number of H-pyrrole nitrogens is 1. The van der Waals surface area contributed by atoms with Crippen molar-refractivity contribution in [2.75, 3.05) is 6.54 Å². The van der Waals surface area contributed by atoms with Crippen molar-refractivity contribution in [2.24, 2.45) is 0 Å². The van der Waals surface area contributed by atoms with Gasteiger partial charge in [0.2, 0.25) is 0 Å². The summed E-state index contributed by atoms with van der Waals surface area (Å²) in [7, 11) is 0. The molecule has 1 aliphatic heterocycles. The fraction of sp³-hybridized carbons (Fsp3) is 0.444. The summed E-state index contributed by atoms with van der Waals surface area (Å²) in [6, 6.07) is 13.3. The molecule has 1 aliphatic rings. The number of carbonyl (C=O) groups excluding carboxylic acids is 1. The topological polar surface area (TPSA) is 54.1 Å². The van der Waals surface area contributed by atoms with E-state index in [1.807, 2.05) is 13.8 Å². The highest BCUT2D eigenvalue weighted by Crippen LogP contribution is 2.28. The third-order valence-corrected chi connectivity index (χ3v) is 6.60. The lowest BCUT2D eigenvalue weighted by atomic mass is 9.97. The molecule has 0 aliphatic carbocycles. The largest absolute Gasteiger partial charge is 0.454 e. The average molecular weight is 419 g/mol. The zero-order valence-corrected chi connectivity index (χ0v) is 19.2. The maximum absolute atomic E-state index is 13.2. The van der Waals surface area contributed by atoms with Crippen LogP contribution < -0.4 is 5.32 Å². The molecule has 0 bridgehead atoms. The highest BCUT2D eigenvalue weighted by molar-refractivity contribution is 6.05. The molecule has 0 amide bonds. The van der Waals surface area contributed by atoms with Gasteiger partial charge in [0, 0.05) is 22.6 Å². The molecule has 0 radical (unpaired) electrons. The second-order valence-corrected chi connectivity index (χ2v) is 9.10. The number of fused-ring (bicyclic) bond motifs is 1. The second kappa shape index (κ2) is 9.27. The van der Waals surface area contributed by atoms with Crippen LogP contribution >= 0.6 is 0 Å². The average Bonchev–Trinajstić information content (AvgIpc) is 3.09. The van der Waals surface area contributed by atoms with Gasteiger partial charge in [0.25, 0.3) is 0 Å². The van der Waals surface area contributed by atoms with Crippen LogP contribution in [0, 0.1) is 20.8 Å². The molecule has 2 N–H and O–H groups in total. The van der Waals surface area contributed by atoms with Crippen molar-refractivity contribution in [1.82, 2.24) is 10.3 Å². The number of rotatable bonds is 6. The summed E-state index contributed by atoms with van der Waals surface area (Å²) in [5.74, 6) is -0.261. The molecule has 31 heavy (non-hydrogen) atoms. The van der Waals surface area contributed by atoms with E-state index in [-0.39, 0.29) is 12.1 Å². The van der Waals surface area contributed by atoms with Crippen LogP contribution in [0.2, 0.25) is 0 Å². The van der Waals surface area contributed by atoms with Crippen LogP contribution in [0.3, 0.4) is 0 Å². The predicted octanol–water partition coefficient (Wildman–Crippen LogP) is 6.09. The van der Waals surface area contributed by atoms with E-state index < -0.39 is 0 Å². The SMILES string of the molecule is Cc1ccc(C)c(C(C)OC(=O)c2c(C)[nH]c3ccc(CCC4CCCCN4)cc23)c1. The molecule has 0 saturated carbocycles. The van der Waals surface area contributed by atoms with Gasteiger partial charge in [-0.25, -0.2) is 4.79 Å². The third kappa shape index (κ3) is 4.85. The number of aromatic nitrogens is 1. The Hall–Kier alpha value is -2.59. The molecular formula is C27H34N2O2. The standard InChI is InChI=1S/C27H34N2O2/c1-17-8-9-18(2)23(15-17)20(4)31-27(30)26-19(3)29-25-13-11-21(16-24(25)26)10-12-22-7-5-6-14-28-22/h8-9,11,13,15-16,20,22,28-29H,5-7,10,12,14H2,1-4H3. The molecule has 4 heteroatoms. The van der Waals surface area contributed by atoms with Crippen LogP contribution in [0.4, 0.5) is 0 Å². The van der Waals surface area contributed by atoms with Crippen molar-refractivity contribution in [3.63, 3.8) is 0 Å². The molecule has 4 rings (SSSR count). The van der Waals surface area contributed by atoms with Gasteiger partial charge >= 0.3 is 5.97 Å². The summed E-state index contributed by atoms with van der Waals surface area (Å²) in [6.45, 7) is 9.15. The highest BCUT2D eigenvalue weighted by atomic mass is 16.5. The Kier molecular flexibility index (Phi) is 6.47. The summed E-state index contributed by atoms with van der Waals surface area (Å²) < 4.78 is 5.93. The molecule has 164 valence electrons. The summed E-state index contributed by atoms with van der Waals surface area (Å²) in [5.41, 5.74) is 7.15. The van der Waals surface area contributed by atoms with Crippen LogP contribution in [0.1, 0.15) is 77.0 Å². The number of carbonyl (C=O) groups is 1. The zero-order chi connectivity index (χ0) is 22.0. The minimum absolute atomic E-state index is 0.261. The first-order valence-electron chi connectivity index (χ1n) is 11.5. The molecule has 1 saturated heterocycles. The second-order valence-electron chi connectivity index (χ2n) is 9.10. The molecule has 1 fully saturated rings. The van der Waals surface area contributed by atoms with Crippen molar-refractivity contribution >= 4 is 16.9 Å². The van der Waals surface area contributed by atoms with E-state index in [9.17, 15) is 4.79 Å². The summed E-state index contributed by atoms with van der Waals surface area (Å²) >= 11 is 0. The molecule has 2 atom stereocenters. The van der Waals surface area contributed by atoms with E-state index in [4.69, 9.17) is 4.74 Å². The van der Waals surface area contributed by atoms with Gasteiger partial charge in [-0.15, -0.1) is 0 Å². The van der Waals surface area contributed by atoms with Gasteiger partial charge < -0.3 is 15.0 Å². The quantitative estimate of drug-likeness (QED) is 0.477. The lowest BCUT2D eigenvalue weighted by molar-refractivity contribution is 0.0338. The summed E-state index contributed by atoms with van der Waals surface area (Å²) in [5, 5.41) is 4.59. The number of hydrogen-bond acceptors (Lipinski definition) is 3. The van der Waals surface area contributed by atoms with Gasteiger partial charge in [0.05, 0.1) is 5.56 Å². The minimum Gasteiger partial charge on any atom is -0.454 e. The number of piperidine rings is 1.